The van der Waals surface area contributed by atoms with E-state index >= 15 is 0 Å². The average Bonchev–Trinajstić information content (AvgIpc) is 3.34. The zero-order valence-corrected chi connectivity index (χ0v) is 18.8. The van der Waals surface area contributed by atoms with Crippen molar-refractivity contribution in [1.82, 2.24) is 0 Å². The molecule has 0 spiro atoms. The molecule has 144 valence electrons. The summed E-state index contributed by atoms with van der Waals surface area (Å²) in [6.07, 6.45) is -1.24. The second-order valence-corrected chi connectivity index (χ2v) is 11.2. The Labute approximate surface area is 179 Å². The first kappa shape index (κ1) is 18.4. The third kappa shape index (κ3) is 1.46. The number of aliphatic hydroxyl groups excluding tert-OH is 2. The Bertz CT molecular complexity index is 607. The lowest BCUT2D eigenvalue weighted by molar-refractivity contribution is -0.207. The van der Waals surface area contributed by atoms with Crippen molar-refractivity contribution in [3.8, 4) is 0 Å². The van der Waals surface area contributed by atoms with Gasteiger partial charge in [-0.1, -0.05) is 45.2 Å². The number of rotatable bonds is 4. The molecule has 2 N–H and O–H groups in total. The van der Waals surface area contributed by atoms with Gasteiger partial charge in [-0.05, 0) is 37.5 Å². The van der Waals surface area contributed by atoms with E-state index < -0.39 is 23.0 Å². The van der Waals surface area contributed by atoms with Crippen molar-refractivity contribution >= 4 is 57.1 Å². The van der Waals surface area contributed by atoms with E-state index in [1.807, 2.05) is 0 Å². The highest BCUT2D eigenvalue weighted by Gasteiger charge is 3.00. The molecule has 26 heavy (non-hydrogen) atoms. The van der Waals surface area contributed by atoms with Crippen molar-refractivity contribution in [2.24, 2.45) is 46.3 Å². The normalized spacial score (nSPS) is 60.1. The Balaban J connectivity index is 1.78. The Morgan fingerprint density at radius 2 is 1.15 bits per heavy atom. The van der Waals surface area contributed by atoms with Crippen LogP contribution in [0, 0.1) is 46.3 Å². The van der Waals surface area contributed by atoms with Crippen molar-refractivity contribution in [2.75, 3.05) is 13.2 Å². The Morgan fingerprint density at radius 1 is 0.808 bits per heavy atom. The molecule has 0 saturated heterocycles. The number of hydrogen-bond acceptors (Lipinski definition) is 6. The number of esters is 2. The van der Waals surface area contributed by atoms with Gasteiger partial charge in [-0.25, -0.2) is 0 Å². The van der Waals surface area contributed by atoms with Crippen molar-refractivity contribution in [3.05, 3.63) is 0 Å². The topological polar surface area (TPSA) is 93.1 Å². The molecule has 8 bridgehead atoms. The van der Waals surface area contributed by atoms with Gasteiger partial charge in [0.25, 0.3) is 0 Å². The van der Waals surface area contributed by atoms with Crippen LogP contribution in [0.3, 0.4) is 0 Å². The highest BCUT2D eigenvalue weighted by molar-refractivity contribution is 14.1. The lowest BCUT2D eigenvalue weighted by Crippen LogP contribution is -2.68. The smallest absolute Gasteiger partial charge is 0.313 e. The van der Waals surface area contributed by atoms with Crippen molar-refractivity contribution in [1.29, 1.82) is 0 Å². The maximum atomic E-state index is 13.4. The van der Waals surface area contributed by atoms with Gasteiger partial charge in [0.15, 0.2) is 0 Å². The van der Waals surface area contributed by atoms with Crippen LogP contribution in [0.25, 0.3) is 0 Å². The number of ether oxygens (including phenoxy) is 2. The van der Waals surface area contributed by atoms with E-state index in [4.69, 9.17) is 9.47 Å². The zero-order chi connectivity index (χ0) is 18.8. The predicted octanol–water partition coefficient (Wildman–Crippen LogP) is 1.18. The van der Waals surface area contributed by atoms with E-state index in [0.29, 0.717) is 0 Å². The molecule has 0 aliphatic heterocycles. The first-order chi connectivity index (χ1) is 12.3. The fourth-order valence-corrected chi connectivity index (χ4v) is 11.3. The molecule has 6 saturated carbocycles. The molecular formula is C18H22I2O6. The summed E-state index contributed by atoms with van der Waals surface area (Å²) < 4.78 is 10.8. The van der Waals surface area contributed by atoms with Crippen LogP contribution in [0.15, 0.2) is 0 Å². The summed E-state index contributed by atoms with van der Waals surface area (Å²) in [5.41, 5.74) is -2.10. The molecule has 0 unspecified atom stereocenters. The van der Waals surface area contributed by atoms with Crippen LogP contribution in [0.4, 0.5) is 0 Å². The molecular weight excluding hydrogens is 566 g/mol. The number of carbonyl (C=O) groups excluding carboxylic acids is 2. The molecule has 0 aromatic heterocycles. The second kappa shape index (κ2) is 5.47. The minimum atomic E-state index is -1.05. The molecule has 0 aromatic carbocycles. The SMILES string of the molecule is CCOC(=O)[C@]12[C@@H]3[C@H](I)[C@H](O)[C@@H]4[C@@H]3[C@H]3[C@@H]1[C@H](O)[C@H](I)[C@@H]3[C@@]42C(=O)OCC. The lowest BCUT2D eigenvalue weighted by Gasteiger charge is -2.56. The molecule has 0 amide bonds. The van der Waals surface area contributed by atoms with Gasteiger partial charge in [0.05, 0.1) is 36.3 Å². The highest BCUT2D eigenvalue weighted by Crippen LogP contribution is 2.93. The van der Waals surface area contributed by atoms with Crippen molar-refractivity contribution < 1.29 is 29.3 Å². The summed E-state index contributed by atoms with van der Waals surface area (Å²) >= 11 is 4.47. The minimum Gasteiger partial charge on any atom is -0.466 e. The van der Waals surface area contributed by atoms with Crippen LogP contribution >= 0.6 is 45.2 Å². The van der Waals surface area contributed by atoms with E-state index in [0.717, 1.165) is 0 Å². The monoisotopic (exact) mass is 588 g/mol. The zero-order valence-electron chi connectivity index (χ0n) is 14.5. The van der Waals surface area contributed by atoms with Crippen LogP contribution in [0.1, 0.15) is 13.8 Å². The maximum Gasteiger partial charge on any atom is 0.313 e. The molecule has 6 aliphatic rings. The van der Waals surface area contributed by atoms with Gasteiger partial charge < -0.3 is 19.7 Å². The van der Waals surface area contributed by atoms with Crippen LogP contribution in [-0.4, -0.2) is 55.4 Å². The van der Waals surface area contributed by atoms with Gasteiger partial charge in [-0.15, -0.1) is 0 Å². The number of halogens is 2. The molecule has 6 rings (SSSR count). The Kier molecular flexibility index (Phi) is 3.86. The molecule has 6 aliphatic carbocycles. The Morgan fingerprint density at radius 3 is 1.46 bits per heavy atom. The minimum absolute atomic E-state index is 0.0881. The van der Waals surface area contributed by atoms with Crippen LogP contribution in [-0.2, 0) is 19.1 Å². The largest absolute Gasteiger partial charge is 0.466 e. The molecule has 8 heteroatoms. The standard InChI is InChI=1S/C18H22I2O6/c1-3-25-15(23)17-7-5-6-8(12(20)13(21)9(6)17)18(17,16(24)26-4-2)10(5)14(22)11(7)19/h5-14,21-22H,3-4H2,1-2H3/t5-,6-,7-,8+,9+,10-,11-,12+,13-,14+,17+,18+/m1/s1. The summed E-state index contributed by atoms with van der Waals surface area (Å²) in [4.78, 5) is 26.9. The Hall–Kier alpha value is 0.320. The third-order valence-electron chi connectivity index (χ3n) is 8.19. The first-order valence-corrected chi connectivity index (χ1v) is 11.8. The van der Waals surface area contributed by atoms with Gasteiger partial charge >= 0.3 is 11.9 Å². The molecule has 0 radical (unpaired) electrons. The average molecular weight is 588 g/mol. The summed E-state index contributed by atoms with van der Waals surface area (Å²) in [5.74, 6) is -1.35. The quantitative estimate of drug-likeness (QED) is 0.292. The molecule has 6 nitrogen and oxygen atoms in total. The van der Waals surface area contributed by atoms with E-state index in [9.17, 15) is 19.8 Å². The first-order valence-electron chi connectivity index (χ1n) is 9.33. The predicted molar refractivity (Wildman–Crippen MR) is 107 cm³/mol. The number of hydrogen-bond donors (Lipinski definition) is 2. The van der Waals surface area contributed by atoms with Gasteiger partial charge in [0.1, 0.15) is 0 Å². The van der Waals surface area contributed by atoms with Crippen LogP contribution in [0.2, 0.25) is 0 Å². The molecule has 6 fully saturated rings. The summed E-state index contributed by atoms with van der Waals surface area (Å²) in [6.45, 7) is 4.01. The van der Waals surface area contributed by atoms with E-state index in [2.05, 4.69) is 45.2 Å². The number of alkyl halides is 2. The number of aliphatic hydroxyl groups is 2. The number of carbonyl (C=O) groups is 2. The van der Waals surface area contributed by atoms with Gasteiger partial charge in [0.2, 0.25) is 0 Å². The highest BCUT2D eigenvalue weighted by atomic mass is 127. The van der Waals surface area contributed by atoms with E-state index in [-0.39, 0.29) is 68.5 Å². The van der Waals surface area contributed by atoms with Gasteiger partial charge in [0, 0.05) is 19.7 Å². The van der Waals surface area contributed by atoms with Gasteiger partial charge in [-0.2, -0.15) is 0 Å². The third-order valence-corrected chi connectivity index (χ3v) is 11.2. The molecule has 0 aromatic rings. The van der Waals surface area contributed by atoms with E-state index in [1.165, 1.54) is 0 Å². The second-order valence-electron chi connectivity index (χ2n) is 8.31. The summed E-state index contributed by atoms with van der Waals surface area (Å²) in [6, 6.07) is 0. The maximum absolute atomic E-state index is 13.4. The molecule has 0 heterocycles. The van der Waals surface area contributed by atoms with Crippen LogP contribution < -0.4 is 0 Å². The summed E-state index contributed by atoms with van der Waals surface area (Å²) in [7, 11) is 0. The van der Waals surface area contributed by atoms with E-state index in [1.54, 1.807) is 13.8 Å². The lowest BCUT2D eigenvalue weighted by atomic mass is 9.49. The van der Waals surface area contributed by atoms with Crippen molar-refractivity contribution in [3.63, 3.8) is 0 Å². The fraction of sp³-hybridized carbons (Fsp3) is 0.889. The van der Waals surface area contributed by atoms with Crippen molar-refractivity contribution in [2.45, 2.75) is 33.9 Å². The molecule has 12 atom stereocenters. The van der Waals surface area contributed by atoms with Crippen LogP contribution in [0.5, 0.6) is 0 Å². The summed E-state index contributed by atoms with van der Waals surface area (Å²) in [5, 5.41) is 21.9. The van der Waals surface area contributed by atoms with Gasteiger partial charge in [-0.3, -0.25) is 9.59 Å². The fourth-order valence-electron chi connectivity index (χ4n) is 8.29.